The Balaban J connectivity index is 2.71. The standard InChI is InChI=1S/C11H17ClN2/c1-4-9-7-10(12)14-11(13-9)6-5-8(2)3/h7-8H,4-6H2,1-3H3. The van der Waals surface area contributed by atoms with Crippen molar-refractivity contribution in [1.82, 2.24) is 9.97 Å². The van der Waals surface area contributed by atoms with Gasteiger partial charge in [-0.15, -0.1) is 0 Å². The van der Waals surface area contributed by atoms with Crippen LogP contribution in [0.3, 0.4) is 0 Å². The molecule has 3 heteroatoms. The fraction of sp³-hybridized carbons (Fsp3) is 0.636. The molecule has 0 radical (unpaired) electrons. The molecule has 0 N–H and O–H groups in total. The summed E-state index contributed by atoms with van der Waals surface area (Å²) < 4.78 is 0. The minimum Gasteiger partial charge on any atom is -0.238 e. The minimum atomic E-state index is 0.565. The van der Waals surface area contributed by atoms with Crippen molar-refractivity contribution in [1.29, 1.82) is 0 Å². The summed E-state index contributed by atoms with van der Waals surface area (Å²) in [6.45, 7) is 6.47. The second kappa shape index (κ2) is 5.30. The third-order valence-electron chi connectivity index (χ3n) is 2.10. The summed E-state index contributed by atoms with van der Waals surface area (Å²) in [5, 5.41) is 0.565. The lowest BCUT2D eigenvalue weighted by Crippen LogP contribution is -2.01. The van der Waals surface area contributed by atoms with Crippen molar-refractivity contribution in [2.24, 2.45) is 5.92 Å². The molecule has 0 saturated heterocycles. The van der Waals surface area contributed by atoms with Crippen LogP contribution in [0.1, 0.15) is 38.7 Å². The van der Waals surface area contributed by atoms with Crippen LogP contribution in [0, 0.1) is 5.92 Å². The molecule has 0 unspecified atom stereocenters. The third kappa shape index (κ3) is 3.62. The first-order valence-corrected chi connectivity index (χ1v) is 5.52. The van der Waals surface area contributed by atoms with E-state index in [1.54, 1.807) is 0 Å². The van der Waals surface area contributed by atoms with Crippen LogP contribution in [-0.4, -0.2) is 9.97 Å². The van der Waals surface area contributed by atoms with E-state index in [2.05, 4.69) is 30.7 Å². The zero-order valence-corrected chi connectivity index (χ0v) is 9.80. The van der Waals surface area contributed by atoms with Crippen LogP contribution < -0.4 is 0 Å². The van der Waals surface area contributed by atoms with E-state index in [0.717, 1.165) is 30.8 Å². The molecule has 0 atom stereocenters. The van der Waals surface area contributed by atoms with Crippen LogP contribution in [0.5, 0.6) is 0 Å². The number of hydrogen-bond acceptors (Lipinski definition) is 2. The number of halogens is 1. The average molecular weight is 213 g/mol. The molecule has 2 nitrogen and oxygen atoms in total. The summed E-state index contributed by atoms with van der Waals surface area (Å²) >= 11 is 5.89. The van der Waals surface area contributed by atoms with Gasteiger partial charge < -0.3 is 0 Å². The fourth-order valence-corrected chi connectivity index (χ4v) is 1.45. The highest BCUT2D eigenvalue weighted by molar-refractivity contribution is 6.29. The summed E-state index contributed by atoms with van der Waals surface area (Å²) in [6.07, 6.45) is 2.95. The van der Waals surface area contributed by atoms with Crippen molar-refractivity contribution in [3.8, 4) is 0 Å². The molecule has 0 aliphatic rings. The molecule has 78 valence electrons. The molecule has 0 saturated carbocycles. The Labute approximate surface area is 90.7 Å². The Kier molecular flexibility index (Phi) is 4.33. The normalized spacial score (nSPS) is 10.9. The van der Waals surface area contributed by atoms with Crippen molar-refractivity contribution in [2.45, 2.75) is 40.0 Å². The molecule has 14 heavy (non-hydrogen) atoms. The van der Waals surface area contributed by atoms with Crippen molar-refractivity contribution in [3.63, 3.8) is 0 Å². The van der Waals surface area contributed by atoms with Crippen molar-refractivity contribution < 1.29 is 0 Å². The van der Waals surface area contributed by atoms with Gasteiger partial charge in [-0.3, -0.25) is 0 Å². The van der Waals surface area contributed by atoms with E-state index < -0.39 is 0 Å². The number of aromatic nitrogens is 2. The van der Waals surface area contributed by atoms with Gasteiger partial charge in [-0.05, 0) is 24.8 Å². The van der Waals surface area contributed by atoms with Gasteiger partial charge in [0, 0.05) is 12.1 Å². The molecular formula is C11H17ClN2. The lowest BCUT2D eigenvalue weighted by molar-refractivity contribution is 0.573. The number of rotatable bonds is 4. The molecule has 1 heterocycles. The predicted octanol–water partition coefficient (Wildman–Crippen LogP) is 3.28. The summed E-state index contributed by atoms with van der Waals surface area (Å²) in [4.78, 5) is 8.64. The van der Waals surface area contributed by atoms with Crippen LogP contribution in [0.25, 0.3) is 0 Å². The first-order chi connectivity index (χ1) is 6.61. The van der Waals surface area contributed by atoms with E-state index in [1.807, 2.05) is 6.07 Å². The molecule has 1 aromatic heterocycles. The quantitative estimate of drug-likeness (QED) is 0.716. The third-order valence-corrected chi connectivity index (χ3v) is 2.30. The van der Waals surface area contributed by atoms with Gasteiger partial charge in [0.25, 0.3) is 0 Å². The van der Waals surface area contributed by atoms with E-state index >= 15 is 0 Å². The van der Waals surface area contributed by atoms with E-state index in [0.29, 0.717) is 11.1 Å². The molecule has 1 aromatic rings. The van der Waals surface area contributed by atoms with Crippen molar-refractivity contribution >= 4 is 11.6 Å². The van der Waals surface area contributed by atoms with Crippen LogP contribution in [0.15, 0.2) is 6.07 Å². The first-order valence-electron chi connectivity index (χ1n) is 5.14. The smallest absolute Gasteiger partial charge is 0.133 e. The van der Waals surface area contributed by atoms with Gasteiger partial charge in [0.2, 0.25) is 0 Å². The zero-order chi connectivity index (χ0) is 10.6. The van der Waals surface area contributed by atoms with Gasteiger partial charge >= 0.3 is 0 Å². The fourth-order valence-electron chi connectivity index (χ4n) is 1.23. The molecule has 0 spiro atoms. The second-order valence-electron chi connectivity index (χ2n) is 3.88. The maximum absolute atomic E-state index is 5.89. The SMILES string of the molecule is CCc1cc(Cl)nc(CCC(C)C)n1. The van der Waals surface area contributed by atoms with E-state index in [1.165, 1.54) is 0 Å². The molecule has 0 aromatic carbocycles. The largest absolute Gasteiger partial charge is 0.238 e. The summed E-state index contributed by atoms with van der Waals surface area (Å²) in [7, 11) is 0. The predicted molar refractivity (Wildman–Crippen MR) is 59.6 cm³/mol. The van der Waals surface area contributed by atoms with Gasteiger partial charge in [0.15, 0.2) is 0 Å². The summed E-state index contributed by atoms with van der Waals surface area (Å²) in [5.74, 6) is 1.56. The van der Waals surface area contributed by atoms with E-state index in [-0.39, 0.29) is 0 Å². The Bertz CT molecular complexity index is 297. The maximum Gasteiger partial charge on any atom is 0.133 e. The van der Waals surface area contributed by atoms with Crippen molar-refractivity contribution in [2.75, 3.05) is 0 Å². The molecule has 0 fully saturated rings. The lowest BCUT2D eigenvalue weighted by Gasteiger charge is -2.05. The molecule has 0 amide bonds. The number of aryl methyl sites for hydroxylation is 2. The molecule has 1 rings (SSSR count). The lowest BCUT2D eigenvalue weighted by atomic mass is 10.1. The minimum absolute atomic E-state index is 0.565. The Hall–Kier alpha value is -0.630. The van der Waals surface area contributed by atoms with Crippen LogP contribution in [-0.2, 0) is 12.8 Å². The van der Waals surface area contributed by atoms with Crippen LogP contribution >= 0.6 is 11.6 Å². The summed E-state index contributed by atoms with van der Waals surface area (Å²) in [5.41, 5.74) is 1.03. The average Bonchev–Trinajstić information content (AvgIpc) is 2.14. The van der Waals surface area contributed by atoms with Crippen molar-refractivity contribution in [3.05, 3.63) is 22.7 Å². The first kappa shape index (κ1) is 11.4. The highest BCUT2D eigenvalue weighted by atomic mass is 35.5. The van der Waals surface area contributed by atoms with E-state index in [4.69, 9.17) is 11.6 Å². The highest BCUT2D eigenvalue weighted by Crippen LogP contribution is 2.11. The summed E-state index contributed by atoms with van der Waals surface area (Å²) in [6, 6.07) is 1.83. The second-order valence-corrected chi connectivity index (χ2v) is 4.27. The van der Waals surface area contributed by atoms with Crippen LogP contribution in [0.4, 0.5) is 0 Å². The van der Waals surface area contributed by atoms with Gasteiger partial charge in [-0.25, -0.2) is 9.97 Å². The number of hydrogen-bond donors (Lipinski definition) is 0. The van der Waals surface area contributed by atoms with Gasteiger partial charge in [-0.1, -0.05) is 32.4 Å². The zero-order valence-electron chi connectivity index (χ0n) is 9.05. The topological polar surface area (TPSA) is 25.8 Å². The van der Waals surface area contributed by atoms with Gasteiger partial charge in [-0.2, -0.15) is 0 Å². The molecule has 0 aliphatic carbocycles. The monoisotopic (exact) mass is 212 g/mol. The molecular weight excluding hydrogens is 196 g/mol. The Morgan fingerprint density at radius 3 is 2.64 bits per heavy atom. The van der Waals surface area contributed by atoms with Gasteiger partial charge in [0.05, 0.1) is 0 Å². The highest BCUT2D eigenvalue weighted by Gasteiger charge is 2.03. The molecule has 0 bridgehead atoms. The molecule has 0 aliphatic heterocycles. The van der Waals surface area contributed by atoms with E-state index in [9.17, 15) is 0 Å². The Morgan fingerprint density at radius 2 is 2.07 bits per heavy atom. The van der Waals surface area contributed by atoms with Crippen LogP contribution in [0.2, 0.25) is 5.15 Å². The Morgan fingerprint density at radius 1 is 1.36 bits per heavy atom. The maximum atomic E-state index is 5.89. The number of nitrogens with zero attached hydrogens (tertiary/aromatic N) is 2. The van der Waals surface area contributed by atoms with Gasteiger partial charge in [0.1, 0.15) is 11.0 Å².